The highest BCUT2D eigenvalue weighted by atomic mass is 32.1. The molecule has 2 heterocycles. The van der Waals surface area contributed by atoms with E-state index in [0.29, 0.717) is 5.75 Å². The summed E-state index contributed by atoms with van der Waals surface area (Å²) in [5.74, 6) is 0.347. The number of fused-ring (bicyclic) bond motifs is 2. The lowest BCUT2D eigenvalue weighted by atomic mass is 10.1. The third kappa shape index (κ3) is 2.43. The van der Waals surface area contributed by atoms with E-state index in [0.717, 1.165) is 12.8 Å². The highest BCUT2D eigenvalue weighted by Crippen LogP contribution is 2.31. The van der Waals surface area contributed by atoms with Crippen LogP contribution in [-0.2, 0) is 12.8 Å². The molecule has 3 heteroatoms. The summed E-state index contributed by atoms with van der Waals surface area (Å²) < 4.78 is 2.58. The van der Waals surface area contributed by atoms with Crippen LogP contribution in [0.15, 0.2) is 53.9 Å². The van der Waals surface area contributed by atoms with Crippen LogP contribution >= 0.6 is 22.7 Å². The van der Waals surface area contributed by atoms with Crippen LogP contribution in [0.3, 0.4) is 0 Å². The van der Waals surface area contributed by atoms with Gasteiger partial charge in [0.1, 0.15) is 5.75 Å². The van der Waals surface area contributed by atoms with Crippen molar-refractivity contribution in [2.45, 2.75) is 12.8 Å². The Bertz CT molecular complexity index is 917. The highest BCUT2D eigenvalue weighted by molar-refractivity contribution is 7.19. The average molecular weight is 310 g/mol. The molecule has 104 valence electrons. The lowest BCUT2D eigenvalue weighted by Crippen LogP contribution is -1.88. The first-order valence-electron chi connectivity index (χ1n) is 6.96. The van der Waals surface area contributed by atoms with Crippen LogP contribution in [-0.4, -0.2) is 5.11 Å². The molecule has 4 aromatic rings. The molecule has 2 aromatic heterocycles. The van der Waals surface area contributed by atoms with Crippen LogP contribution in [0.4, 0.5) is 0 Å². The number of hydrogen-bond donors (Lipinski definition) is 1. The zero-order valence-electron chi connectivity index (χ0n) is 11.4. The van der Waals surface area contributed by atoms with Gasteiger partial charge in [0.05, 0.1) is 0 Å². The molecule has 0 amide bonds. The van der Waals surface area contributed by atoms with Crippen molar-refractivity contribution in [2.75, 3.05) is 0 Å². The summed E-state index contributed by atoms with van der Waals surface area (Å²) >= 11 is 3.61. The second kappa shape index (κ2) is 5.17. The molecular formula is C18H14OS2. The fraction of sp³-hybridized carbons (Fsp3) is 0.111. The summed E-state index contributed by atoms with van der Waals surface area (Å²) in [4.78, 5) is 1.38. The maximum Gasteiger partial charge on any atom is 0.117 e. The van der Waals surface area contributed by atoms with Gasteiger partial charge in [0.25, 0.3) is 0 Å². The first-order valence-corrected chi connectivity index (χ1v) is 8.66. The van der Waals surface area contributed by atoms with Crippen molar-refractivity contribution in [3.8, 4) is 5.75 Å². The third-order valence-electron chi connectivity index (χ3n) is 3.76. The van der Waals surface area contributed by atoms with Gasteiger partial charge in [-0.1, -0.05) is 18.2 Å². The molecule has 2 aromatic carbocycles. The van der Waals surface area contributed by atoms with E-state index in [2.05, 4.69) is 35.7 Å². The van der Waals surface area contributed by atoms with Gasteiger partial charge in [0.15, 0.2) is 0 Å². The predicted octanol–water partition coefficient (Wildman–Crippen LogP) is 5.61. The van der Waals surface area contributed by atoms with Gasteiger partial charge >= 0.3 is 0 Å². The summed E-state index contributed by atoms with van der Waals surface area (Å²) in [5, 5.41) is 14.3. The van der Waals surface area contributed by atoms with Gasteiger partial charge in [0, 0.05) is 14.3 Å². The lowest BCUT2D eigenvalue weighted by Gasteiger charge is -2.01. The van der Waals surface area contributed by atoms with Crippen molar-refractivity contribution in [3.63, 3.8) is 0 Å². The number of benzene rings is 2. The van der Waals surface area contributed by atoms with Gasteiger partial charge in [0.2, 0.25) is 0 Å². The van der Waals surface area contributed by atoms with E-state index in [1.165, 1.54) is 30.6 Å². The summed E-state index contributed by atoms with van der Waals surface area (Å²) in [6, 6.07) is 16.6. The van der Waals surface area contributed by atoms with E-state index in [1.54, 1.807) is 17.4 Å². The second-order valence-corrected chi connectivity index (χ2v) is 7.28. The van der Waals surface area contributed by atoms with E-state index in [-0.39, 0.29) is 0 Å². The minimum absolute atomic E-state index is 0.347. The molecule has 0 radical (unpaired) electrons. The zero-order valence-corrected chi connectivity index (χ0v) is 13.0. The van der Waals surface area contributed by atoms with Crippen LogP contribution in [0.2, 0.25) is 0 Å². The Hall–Kier alpha value is -1.84. The summed E-state index contributed by atoms with van der Waals surface area (Å²) in [6.07, 6.45) is 2.12. The molecule has 1 N–H and O–H groups in total. The van der Waals surface area contributed by atoms with Gasteiger partial charge in [-0.15, -0.1) is 22.7 Å². The number of aryl methyl sites for hydroxylation is 2. The first kappa shape index (κ1) is 12.9. The number of phenols is 1. The molecule has 4 rings (SSSR count). The Morgan fingerprint density at radius 1 is 0.905 bits per heavy atom. The number of aromatic hydroxyl groups is 1. The zero-order chi connectivity index (χ0) is 14.2. The maximum absolute atomic E-state index is 9.55. The molecule has 0 aliphatic rings. The second-order valence-electron chi connectivity index (χ2n) is 5.19. The fourth-order valence-electron chi connectivity index (χ4n) is 2.71. The monoisotopic (exact) mass is 310 g/mol. The molecule has 1 nitrogen and oxygen atoms in total. The minimum Gasteiger partial charge on any atom is -0.508 e. The van der Waals surface area contributed by atoms with Crippen LogP contribution in [0.1, 0.15) is 10.4 Å². The van der Waals surface area contributed by atoms with Gasteiger partial charge in [-0.3, -0.25) is 0 Å². The van der Waals surface area contributed by atoms with Gasteiger partial charge in [-0.2, -0.15) is 0 Å². The van der Waals surface area contributed by atoms with Gasteiger partial charge in [-0.25, -0.2) is 0 Å². The molecule has 0 saturated carbocycles. The third-order valence-corrected chi connectivity index (χ3v) is 5.92. The number of rotatable bonds is 3. The summed E-state index contributed by atoms with van der Waals surface area (Å²) in [5.41, 5.74) is 1.43. The average Bonchev–Trinajstić information content (AvgIpc) is 3.10. The van der Waals surface area contributed by atoms with Crippen LogP contribution < -0.4 is 0 Å². The lowest BCUT2D eigenvalue weighted by molar-refractivity contribution is 0.476. The van der Waals surface area contributed by atoms with Crippen LogP contribution in [0, 0.1) is 0 Å². The highest BCUT2D eigenvalue weighted by Gasteiger charge is 2.06. The van der Waals surface area contributed by atoms with Crippen molar-refractivity contribution in [2.24, 2.45) is 0 Å². The minimum atomic E-state index is 0.347. The normalized spacial score (nSPS) is 11.4. The fourth-order valence-corrected chi connectivity index (χ4v) is 4.75. The van der Waals surface area contributed by atoms with Crippen LogP contribution in [0.25, 0.3) is 20.2 Å². The van der Waals surface area contributed by atoms with Crippen molar-refractivity contribution in [1.29, 1.82) is 0 Å². The first-order chi connectivity index (χ1) is 10.3. The molecule has 21 heavy (non-hydrogen) atoms. The maximum atomic E-state index is 9.55. The smallest absolute Gasteiger partial charge is 0.117 e. The van der Waals surface area contributed by atoms with Gasteiger partial charge < -0.3 is 5.11 Å². The largest absolute Gasteiger partial charge is 0.508 e. The Labute approximate surface area is 131 Å². The molecule has 0 aliphatic carbocycles. The van der Waals surface area contributed by atoms with Crippen molar-refractivity contribution in [1.82, 2.24) is 0 Å². The van der Waals surface area contributed by atoms with E-state index in [9.17, 15) is 5.11 Å². The molecule has 0 atom stereocenters. The summed E-state index contributed by atoms with van der Waals surface area (Å²) in [6.45, 7) is 0. The van der Waals surface area contributed by atoms with Gasteiger partial charge in [-0.05, 0) is 64.9 Å². The molecule has 0 fully saturated rings. The summed E-state index contributed by atoms with van der Waals surface area (Å²) in [7, 11) is 0. The molecule has 0 unspecified atom stereocenters. The van der Waals surface area contributed by atoms with Crippen molar-refractivity contribution in [3.05, 3.63) is 64.4 Å². The van der Waals surface area contributed by atoms with Crippen molar-refractivity contribution >= 4 is 42.8 Å². The molecule has 0 bridgehead atoms. The Morgan fingerprint density at radius 2 is 1.86 bits per heavy atom. The quantitative estimate of drug-likeness (QED) is 0.521. The Kier molecular flexibility index (Phi) is 3.17. The SMILES string of the molecule is Oc1ccc2cc(CCc3cccc4ccsc34)sc2c1. The van der Waals surface area contributed by atoms with E-state index in [4.69, 9.17) is 0 Å². The number of phenolic OH excluding ortho intramolecular Hbond substituents is 1. The van der Waals surface area contributed by atoms with E-state index < -0.39 is 0 Å². The topological polar surface area (TPSA) is 20.2 Å². The predicted molar refractivity (Wildman–Crippen MR) is 92.7 cm³/mol. The standard InChI is InChI=1S/C18H14OS2/c19-15-6-4-14-10-16(21-17(14)11-15)7-5-12-2-1-3-13-8-9-20-18(12)13/h1-4,6,8-11,19H,5,7H2. The van der Waals surface area contributed by atoms with Crippen LogP contribution in [0.5, 0.6) is 5.75 Å². The number of thiophene rings is 2. The Morgan fingerprint density at radius 3 is 2.81 bits per heavy atom. The number of hydrogen-bond acceptors (Lipinski definition) is 3. The molecule has 0 spiro atoms. The molecule has 0 aliphatic heterocycles. The van der Waals surface area contributed by atoms with Crippen molar-refractivity contribution < 1.29 is 5.11 Å². The van der Waals surface area contributed by atoms with E-state index in [1.807, 2.05) is 23.5 Å². The Balaban J connectivity index is 1.61. The van der Waals surface area contributed by atoms with E-state index >= 15 is 0 Å². The molecular weight excluding hydrogens is 296 g/mol. The molecule has 0 saturated heterocycles.